The molecule has 0 aliphatic rings. The summed E-state index contributed by atoms with van der Waals surface area (Å²) in [5.41, 5.74) is 49.3. The van der Waals surface area contributed by atoms with Gasteiger partial charge in [0.15, 0.2) is 0 Å². The second kappa shape index (κ2) is 45.9. The molecular formula is C82H83Cl5N17O9P. The fraction of sp³-hybridized carbons (Fsp3) is 0.110. The molecule has 590 valence electrons. The molecule has 0 aliphatic carbocycles. The van der Waals surface area contributed by atoms with Gasteiger partial charge in [-0.25, -0.2) is 24.7 Å². The first-order valence-corrected chi connectivity index (χ1v) is 39.0. The summed E-state index contributed by atoms with van der Waals surface area (Å²) < 4.78 is 16.6. The highest BCUT2D eigenvalue weighted by atomic mass is 36.0. The summed E-state index contributed by atoms with van der Waals surface area (Å²) in [5, 5.41) is 16.2. The van der Waals surface area contributed by atoms with E-state index in [2.05, 4.69) is 172 Å². The molecule has 0 saturated heterocycles. The number of nitrogens with zero attached hydrogens (tertiary/aromatic N) is 4. The van der Waals surface area contributed by atoms with Crippen molar-refractivity contribution in [2.75, 3.05) is 49.9 Å². The van der Waals surface area contributed by atoms with Crippen molar-refractivity contribution in [1.82, 2.24) is 39.9 Å². The van der Waals surface area contributed by atoms with Crippen LogP contribution >= 0.6 is 62.7 Å². The fourth-order valence-electron chi connectivity index (χ4n) is 9.82. The van der Waals surface area contributed by atoms with Gasteiger partial charge in [0, 0.05) is 89.8 Å². The number of imidazole rings is 4. The molecular weight excluding hydrogens is 1580 g/mol. The minimum Gasteiger partial charge on any atom is -0.478 e. The van der Waals surface area contributed by atoms with E-state index in [0.29, 0.717) is 22.7 Å². The maximum Gasteiger partial charge on any atom is 0.339 e. The van der Waals surface area contributed by atoms with E-state index in [1.54, 1.807) is 24.3 Å². The topological polar surface area (TPSA) is 434 Å². The van der Waals surface area contributed by atoms with Gasteiger partial charge in [0.05, 0.1) is 61.1 Å². The van der Waals surface area contributed by atoms with E-state index in [1.165, 1.54) is 51.0 Å². The number of hydrogen-bond donors (Lipinski definition) is 14. The van der Waals surface area contributed by atoms with Crippen molar-refractivity contribution < 1.29 is 42.2 Å². The Morgan fingerprint density at radius 2 is 0.640 bits per heavy atom. The van der Waals surface area contributed by atoms with Gasteiger partial charge in [-0.15, -0.1) is 0 Å². The van der Waals surface area contributed by atoms with Crippen molar-refractivity contribution in [3.8, 4) is 70.6 Å². The Hall–Kier alpha value is -13.2. The molecule has 0 fully saturated rings. The van der Waals surface area contributed by atoms with Crippen LogP contribution in [0.25, 0.3) is 89.7 Å². The van der Waals surface area contributed by atoms with E-state index in [1.807, 2.05) is 191 Å². The number of fused-ring (bicyclic) bond motifs is 4. The van der Waals surface area contributed by atoms with Crippen LogP contribution in [0.2, 0.25) is 0 Å². The number of nitrogen functional groups attached to an aromatic ring is 5. The van der Waals surface area contributed by atoms with Crippen molar-refractivity contribution in [3.05, 3.63) is 235 Å². The molecule has 4 aromatic heterocycles. The van der Waals surface area contributed by atoms with E-state index < -0.39 is 11.2 Å². The first-order valence-electron chi connectivity index (χ1n) is 34.0. The third kappa shape index (κ3) is 32.0. The Kier molecular flexibility index (Phi) is 36.8. The molecule has 114 heavy (non-hydrogen) atoms. The van der Waals surface area contributed by atoms with Crippen LogP contribution in [0.3, 0.4) is 0 Å². The van der Waals surface area contributed by atoms with Crippen LogP contribution in [-0.4, -0.2) is 74.6 Å². The molecule has 4 heterocycles. The number of aryl methyl sites for hydroxylation is 3. The number of nitrogens with one attached hydrogen (secondary N) is 8. The monoisotopic (exact) mass is 1660 g/mol. The number of aromatic carboxylic acids is 1. The van der Waals surface area contributed by atoms with Crippen LogP contribution in [0.5, 0.6) is 0 Å². The highest BCUT2D eigenvalue weighted by Gasteiger charge is 2.12. The van der Waals surface area contributed by atoms with Crippen molar-refractivity contribution in [2.24, 2.45) is 0 Å². The van der Waals surface area contributed by atoms with E-state index in [0.717, 1.165) is 124 Å². The zero-order valence-electron chi connectivity index (χ0n) is 63.1. The van der Waals surface area contributed by atoms with Gasteiger partial charge in [0.25, 0.3) is 0 Å². The average molecular weight is 1660 g/mol. The first-order chi connectivity index (χ1) is 54.2. The number of carbonyl (C=O) groups excluding carboxylic acids is 4. The van der Waals surface area contributed by atoms with Gasteiger partial charge >= 0.3 is 11.2 Å². The zero-order valence-corrected chi connectivity index (χ0v) is 67.8. The van der Waals surface area contributed by atoms with Gasteiger partial charge in [-0.2, -0.15) is 0 Å². The second-order valence-corrected chi connectivity index (χ2v) is 30.8. The Morgan fingerprint density at radius 3 is 0.947 bits per heavy atom. The minimum atomic E-state index is -3.22. The molecule has 0 spiro atoms. The molecule has 0 aliphatic heterocycles. The Bertz CT molecular complexity index is 5490. The smallest absolute Gasteiger partial charge is 0.339 e. The standard InChI is InChI=1S/C17H16N4O2.C16H15N3O.C15H14N4O.C14H13N3.C7H10N2.C7H7NO2.2C2HClO.C2H6.Cl3OP/c1-10(22)18-13-5-3-12(4-6-13)17-20-15-8-7-14(19-11(2)23)9-16(15)21-17;1-10-3-8-14-15(9-10)19-16(18-14)12-4-6-13(7-5-12)17-11(2)20;1-9(20)17-12-5-2-10(3-6-12)15-18-13-7-4-11(16)8-14(13)19-15;1-9-2-7-12-13(8-9)17-14(16-12)10-3-5-11(15)6-4-10;1-5-2-3-6(8)7(9)4-5;8-6-3-1-5(2-4-6)7(9)10;2*1-2-4-3;1-2;1-5(2,3)4/h3-9H,1-2H3,(H,18,22)(H,19,23)(H,20,21);3-9H,1-2H3,(H,17,20)(H,18,19);2-8H,16H2,1H3,(H,17,20)(H,18,19);2-8H,15H2,1H3,(H,16,17);2-4H,8-9H2,1H3;1-4H,8H2,(H,9,10);2*1H;1-2H3;. The summed E-state index contributed by atoms with van der Waals surface area (Å²) in [7, 11) is 0. The lowest BCUT2D eigenvalue weighted by atomic mass is 10.2. The van der Waals surface area contributed by atoms with E-state index in [4.69, 9.17) is 33.8 Å². The summed E-state index contributed by atoms with van der Waals surface area (Å²) in [6.07, 6.45) is 12.2. The molecule has 19 N–H and O–H groups in total. The molecule has 0 bridgehead atoms. The number of aromatic nitrogens is 8. The predicted octanol–water partition coefficient (Wildman–Crippen LogP) is 20.0. The van der Waals surface area contributed by atoms with Gasteiger partial charge in [0.1, 0.15) is 59.2 Å². The molecule has 32 heteroatoms. The Labute approximate surface area is 682 Å². The van der Waals surface area contributed by atoms with E-state index >= 15 is 0 Å². The SMILES string of the molecule is C#COCl.C#COCl.CC.CC(=O)Nc1ccc(-c2nc3ccc(C)cc3[nH]2)cc1.CC(=O)Nc1ccc(-c2nc3ccc(N)cc3[nH]2)cc1.CC(=O)Nc1ccc(-c2nc3ccc(NC(C)=O)cc3[nH]2)cc1.Cc1ccc(N)c(N)c1.Cc1ccc2nc(-c3ccc(N)cc3)[nH]c2c1.Nc1ccc(C(=O)O)cc1.O=P(Cl)(Cl)Cl. The zero-order chi connectivity index (χ0) is 84.2. The van der Waals surface area contributed by atoms with Crippen LogP contribution in [-0.2, 0) is 32.3 Å². The number of benzene rings is 10. The van der Waals surface area contributed by atoms with E-state index in [-0.39, 0.29) is 29.2 Å². The molecule has 10 aromatic carbocycles. The second-order valence-electron chi connectivity index (χ2n) is 23.8. The van der Waals surface area contributed by atoms with Crippen molar-refractivity contribution in [3.63, 3.8) is 0 Å². The molecule has 14 aromatic rings. The van der Waals surface area contributed by atoms with Gasteiger partial charge in [-0.3, -0.25) is 23.7 Å². The lowest BCUT2D eigenvalue weighted by Crippen LogP contribution is -2.05. The maximum absolute atomic E-state index is 11.1. The number of rotatable bonds is 9. The van der Waals surface area contributed by atoms with Gasteiger partial charge in [-0.05, 0) is 265 Å². The number of carbonyl (C=O) groups is 5. The van der Waals surface area contributed by atoms with Crippen LogP contribution in [0, 0.1) is 45.8 Å². The number of carboxylic acid groups (broad SMARTS) is 1. The van der Waals surface area contributed by atoms with Crippen molar-refractivity contribution >= 4 is 188 Å². The fourth-order valence-corrected chi connectivity index (χ4v) is 9.82. The summed E-state index contributed by atoms with van der Waals surface area (Å²) >= 11 is 22.7. The van der Waals surface area contributed by atoms with Crippen LogP contribution in [0.15, 0.2) is 212 Å². The summed E-state index contributed by atoms with van der Waals surface area (Å²) in [4.78, 5) is 85.7. The molecule has 0 unspecified atom stereocenters. The van der Waals surface area contributed by atoms with Crippen LogP contribution in [0.4, 0.5) is 51.2 Å². The lowest BCUT2D eigenvalue weighted by Gasteiger charge is -2.02. The number of hydrogen-bond acceptors (Lipinski definition) is 17. The number of H-pyrrole nitrogens is 4. The minimum absolute atomic E-state index is 0.0723. The predicted molar refractivity (Wildman–Crippen MR) is 468 cm³/mol. The number of nitrogens with two attached hydrogens (primary N) is 5. The number of amides is 4. The molecule has 4 amide bonds. The molecule has 14 rings (SSSR count). The van der Waals surface area contributed by atoms with Crippen molar-refractivity contribution in [1.29, 1.82) is 0 Å². The largest absolute Gasteiger partial charge is 0.478 e. The third-order valence-electron chi connectivity index (χ3n) is 14.7. The molecule has 26 nitrogen and oxygen atoms in total. The van der Waals surface area contributed by atoms with Crippen molar-refractivity contribution in [2.45, 2.75) is 62.3 Å². The van der Waals surface area contributed by atoms with Gasteiger partial charge in [-0.1, -0.05) is 44.9 Å². The third-order valence-corrected chi connectivity index (χ3v) is 14.9. The molecule has 0 radical (unpaired) electrons. The average Bonchev–Trinajstić information content (AvgIpc) is 1.69. The Morgan fingerprint density at radius 1 is 0.386 bits per heavy atom. The van der Waals surface area contributed by atoms with Crippen LogP contribution in [0.1, 0.15) is 68.6 Å². The number of anilines is 9. The highest BCUT2D eigenvalue weighted by Crippen LogP contribution is 2.61. The lowest BCUT2D eigenvalue weighted by molar-refractivity contribution is -0.115. The highest BCUT2D eigenvalue weighted by molar-refractivity contribution is 8.24. The molecule has 0 atom stereocenters. The summed E-state index contributed by atoms with van der Waals surface area (Å²) in [6, 6.07) is 65.3. The van der Waals surface area contributed by atoms with Gasteiger partial charge in [0.2, 0.25) is 23.6 Å². The summed E-state index contributed by atoms with van der Waals surface area (Å²) in [5.74, 6) is 1.92. The first kappa shape index (κ1) is 91.4. The number of carboxylic acids is 1. The molecule has 0 saturated carbocycles. The number of terminal acetylenes is 2. The maximum atomic E-state index is 11.1. The van der Waals surface area contributed by atoms with E-state index in [9.17, 15) is 28.5 Å². The Balaban J connectivity index is 0.000000240. The quantitative estimate of drug-likeness (QED) is 0.0362. The van der Waals surface area contributed by atoms with Crippen LogP contribution < -0.4 is 49.9 Å². The van der Waals surface area contributed by atoms with Gasteiger partial charge < -0.3 is 83.6 Å². The number of aromatic amines is 4. The normalized spacial score (nSPS) is 9.89. The number of halogens is 5. The summed E-state index contributed by atoms with van der Waals surface area (Å²) in [6.45, 7) is 16.0.